The van der Waals surface area contributed by atoms with Gasteiger partial charge in [-0.1, -0.05) is 12.2 Å². The van der Waals surface area contributed by atoms with Gasteiger partial charge in [0.2, 0.25) is 5.91 Å². The highest BCUT2D eigenvalue weighted by atomic mass is 16.2. The summed E-state index contributed by atoms with van der Waals surface area (Å²) in [5.41, 5.74) is 1.68. The zero-order chi connectivity index (χ0) is 16.8. The summed E-state index contributed by atoms with van der Waals surface area (Å²) in [7, 11) is 0. The minimum atomic E-state index is -0.490. The lowest BCUT2D eigenvalue weighted by molar-refractivity contribution is -0.121. The number of amides is 3. The third-order valence-electron chi connectivity index (χ3n) is 3.82. The molecule has 0 saturated carbocycles. The predicted molar refractivity (Wildman–Crippen MR) is 90.2 cm³/mol. The second-order valence-electron chi connectivity index (χ2n) is 5.82. The van der Waals surface area contributed by atoms with Gasteiger partial charge in [0.15, 0.2) is 0 Å². The summed E-state index contributed by atoms with van der Waals surface area (Å²) in [6.07, 6.45) is 4.85. The van der Waals surface area contributed by atoms with Gasteiger partial charge in [0.1, 0.15) is 6.04 Å². The summed E-state index contributed by atoms with van der Waals surface area (Å²) in [6.45, 7) is 9.35. The first-order chi connectivity index (χ1) is 11.0. The molecule has 0 aliphatic carbocycles. The number of anilines is 1. The fourth-order valence-electron chi connectivity index (χ4n) is 2.67. The van der Waals surface area contributed by atoms with Crippen LogP contribution in [0, 0.1) is 0 Å². The molecular formula is C17H24N4O2. The normalized spacial score (nSPS) is 17.7. The Morgan fingerprint density at radius 3 is 2.96 bits per heavy atom. The third-order valence-corrected chi connectivity index (χ3v) is 3.82. The van der Waals surface area contributed by atoms with Gasteiger partial charge in [-0.05, 0) is 38.8 Å². The van der Waals surface area contributed by atoms with Crippen molar-refractivity contribution in [3.63, 3.8) is 0 Å². The van der Waals surface area contributed by atoms with Gasteiger partial charge >= 0.3 is 6.03 Å². The topological polar surface area (TPSA) is 65.5 Å². The van der Waals surface area contributed by atoms with Gasteiger partial charge in [0.05, 0.1) is 11.9 Å². The molecule has 1 aromatic heterocycles. The van der Waals surface area contributed by atoms with Crippen LogP contribution in [0.2, 0.25) is 0 Å². The smallest absolute Gasteiger partial charge is 0.318 e. The molecule has 3 amide bonds. The van der Waals surface area contributed by atoms with E-state index in [2.05, 4.69) is 16.9 Å². The Kier molecular flexibility index (Phi) is 5.73. The van der Waals surface area contributed by atoms with Crippen LogP contribution < -0.4 is 10.2 Å². The second-order valence-corrected chi connectivity index (χ2v) is 5.82. The van der Waals surface area contributed by atoms with E-state index in [-0.39, 0.29) is 11.9 Å². The minimum Gasteiger partial charge on any atom is -0.326 e. The first-order valence-electron chi connectivity index (χ1n) is 7.94. The number of carbonyl (C=O) groups excluding carboxylic acids is 2. The molecule has 0 aromatic carbocycles. The number of piperidine rings is 1. The van der Waals surface area contributed by atoms with Gasteiger partial charge < -0.3 is 15.1 Å². The number of hydrogen-bond acceptors (Lipinski definition) is 3. The van der Waals surface area contributed by atoms with Gasteiger partial charge in [-0.3, -0.25) is 9.78 Å². The van der Waals surface area contributed by atoms with E-state index in [0.717, 1.165) is 17.7 Å². The molecule has 6 heteroatoms. The molecule has 1 fully saturated rings. The Hall–Kier alpha value is -2.37. The summed E-state index contributed by atoms with van der Waals surface area (Å²) in [5, 5.41) is 2.86. The van der Waals surface area contributed by atoms with E-state index in [1.54, 1.807) is 28.3 Å². The number of pyridine rings is 1. The summed E-state index contributed by atoms with van der Waals surface area (Å²) < 4.78 is 0. The van der Waals surface area contributed by atoms with Crippen molar-refractivity contribution in [3.8, 4) is 0 Å². The van der Waals surface area contributed by atoms with Crippen molar-refractivity contribution < 1.29 is 9.59 Å². The molecule has 1 saturated heterocycles. The molecule has 0 radical (unpaired) electrons. The second kappa shape index (κ2) is 7.76. The number of likely N-dealkylation sites (N-methyl/N-ethyl adjacent to an activating group) is 1. The molecule has 0 bridgehead atoms. The maximum Gasteiger partial charge on any atom is 0.318 e. The molecule has 6 nitrogen and oxygen atoms in total. The van der Waals surface area contributed by atoms with E-state index in [9.17, 15) is 9.59 Å². The molecule has 2 heterocycles. The molecule has 2 rings (SSSR count). The number of carbonyl (C=O) groups is 2. The van der Waals surface area contributed by atoms with Crippen LogP contribution in [0.5, 0.6) is 0 Å². The molecule has 124 valence electrons. The maximum absolute atomic E-state index is 12.6. The minimum absolute atomic E-state index is 0.0796. The van der Waals surface area contributed by atoms with Crippen molar-refractivity contribution in [1.82, 2.24) is 15.2 Å². The average Bonchev–Trinajstić information content (AvgIpc) is 2.55. The Balaban J connectivity index is 2.03. The molecule has 1 aliphatic rings. The van der Waals surface area contributed by atoms with Crippen LogP contribution in [-0.4, -0.2) is 47.5 Å². The lowest BCUT2D eigenvalue weighted by Crippen LogP contribution is -2.55. The van der Waals surface area contributed by atoms with E-state index in [4.69, 9.17) is 0 Å². The number of hydrogen-bond donors (Lipinski definition) is 1. The molecule has 1 N–H and O–H groups in total. The Morgan fingerprint density at radius 1 is 1.57 bits per heavy atom. The average molecular weight is 316 g/mol. The lowest BCUT2D eigenvalue weighted by Gasteiger charge is -2.33. The molecule has 1 atom stereocenters. The highest BCUT2D eigenvalue weighted by molar-refractivity contribution is 5.99. The third kappa shape index (κ3) is 4.31. The van der Waals surface area contributed by atoms with Gasteiger partial charge in [0, 0.05) is 25.8 Å². The van der Waals surface area contributed by atoms with Crippen LogP contribution in [0.4, 0.5) is 10.5 Å². The van der Waals surface area contributed by atoms with Crippen molar-refractivity contribution in [2.45, 2.75) is 32.7 Å². The van der Waals surface area contributed by atoms with Crippen LogP contribution >= 0.6 is 0 Å². The summed E-state index contributed by atoms with van der Waals surface area (Å²) in [6, 6.07) is 2.95. The Morgan fingerprint density at radius 2 is 2.35 bits per heavy atom. The number of aromatic nitrogens is 1. The highest BCUT2D eigenvalue weighted by Gasteiger charge is 2.31. The van der Waals surface area contributed by atoms with Crippen molar-refractivity contribution in [2.24, 2.45) is 0 Å². The van der Waals surface area contributed by atoms with E-state index in [1.165, 1.54) is 0 Å². The van der Waals surface area contributed by atoms with Crippen molar-refractivity contribution in [1.29, 1.82) is 0 Å². The molecule has 0 spiro atoms. The van der Waals surface area contributed by atoms with Crippen LogP contribution in [0.25, 0.3) is 0 Å². The molecule has 1 aromatic rings. The number of rotatable bonds is 5. The predicted octanol–water partition coefficient (Wildman–Crippen LogP) is 2.18. The molecule has 1 aliphatic heterocycles. The number of urea groups is 1. The van der Waals surface area contributed by atoms with Crippen molar-refractivity contribution >= 4 is 17.6 Å². The van der Waals surface area contributed by atoms with Crippen LogP contribution in [0.1, 0.15) is 26.7 Å². The van der Waals surface area contributed by atoms with Gasteiger partial charge in [-0.15, -0.1) is 0 Å². The Labute approximate surface area is 137 Å². The maximum atomic E-state index is 12.6. The zero-order valence-corrected chi connectivity index (χ0v) is 13.8. The van der Waals surface area contributed by atoms with Crippen molar-refractivity contribution in [2.75, 3.05) is 24.5 Å². The van der Waals surface area contributed by atoms with Gasteiger partial charge in [-0.2, -0.15) is 0 Å². The highest BCUT2D eigenvalue weighted by Crippen LogP contribution is 2.20. The lowest BCUT2D eigenvalue weighted by atomic mass is 10.0. The summed E-state index contributed by atoms with van der Waals surface area (Å²) >= 11 is 0. The first kappa shape index (κ1) is 17.0. The van der Waals surface area contributed by atoms with E-state index in [1.807, 2.05) is 19.9 Å². The standard InChI is InChI=1S/C17H24N4O2/c1-4-20(12-13(2)3)17(23)19-15-8-6-10-21(16(15)22)14-7-5-9-18-11-14/h5,7,9,11,15H,2,4,6,8,10,12H2,1,3H3,(H,19,23)/t15-/m1/s1. The van der Waals surface area contributed by atoms with E-state index < -0.39 is 6.04 Å². The van der Waals surface area contributed by atoms with Gasteiger partial charge in [0.25, 0.3) is 0 Å². The van der Waals surface area contributed by atoms with E-state index in [0.29, 0.717) is 26.1 Å². The fourth-order valence-corrected chi connectivity index (χ4v) is 2.67. The quantitative estimate of drug-likeness (QED) is 0.847. The number of nitrogens with zero attached hydrogens (tertiary/aromatic N) is 3. The summed E-state index contributed by atoms with van der Waals surface area (Å²) in [4.78, 5) is 32.4. The fraction of sp³-hybridized carbons (Fsp3) is 0.471. The Bertz CT molecular complexity index is 573. The van der Waals surface area contributed by atoms with Crippen molar-refractivity contribution in [3.05, 3.63) is 36.7 Å². The molecule has 0 unspecified atom stereocenters. The van der Waals surface area contributed by atoms with Crippen LogP contribution in [0.3, 0.4) is 0 Å². The number of nitrogens with one attached hydrogen (secondary N) is 1. The van der Waals surface area contributed by atoms with Gasteiger partial charge in [-0.25, -0.2) is 4.79 Å². The van der Waals surface area contributed by atoms with E-state index >= 15 is 0 Å². The monoisotopic (exact) mass is 316 g/mol. The summed E-state index contributed by atoms with van der Waals surface area (Å²) in [5.74, 6) is -0.0796. The molecular weight excluding hydrogens is 292 g/mol. The largest absolute Gasteiger partial charge is 0.326 e. The van der Waals surface area contributed by atoms with Crippen LogP contribution in [-0.2, 0) is 4.79 Å². The molecule has 23 heavy (non-hydrogen) atoms. The first-order valence-corrected chi connectivity index (χ1v) is 7.94. The van der Waals surface area contributed by atoms with Crippen LogP contribution in [0.15, 0.2) is 36.7 Å². The zero-order valence-electron chi connectivity index (χ0n) is 13.8. The SMILES string of the molecule is C=C(C)CN(CC)C(=O)N[C@@H]1CCCN(c2cccnc2)C1=O.